The zero-order chi connectivity index (χ0) is 19.1. The van der Waals surface area contributed by atoms with Crippen LogP contribution in [0.2, 0.25) is 0 Å². The molecule has 0 heterocycles. The molecule has 0 bridgehead atoms. The normalized spacial score (nSPS) is 19.4. The number of hydrogen-bond donors (Lipinski definition) is 0. The molecule has 1 fully saturated rings. The number of unbranched alkanes of at least 4 members (excludes halogenated alkanes) is 6. The summed E-state index contributed by atoms with van der Waals surface area (Å²) in [4.78, 5) is 0. The van der Waals surface area contributed by atoms with Crippen LogP contribution < -0.4 is 0 Å². The lowest BCUT2D eigenvalue weighted by atomic mass is 9.63. The van der Waals surface area contributed by atoms with Crippen LogP contribution in [0, 0.1) is 17.3 Å². The minimum Gasteiger partial charge on any atom is -0.0654 e. The molecule has 0 aromatic heterocycles. The lowest BCUT2D eigenvalue weighted by Crippen LogP contribution is -2.30. The summed E-state index contributed by atoms with van der Waals surface area (Å²) in [6.45, 7) is 9.59. The Hall–Kier alpha value is 0. The van der Waals surface area contributed by atoms with Gasteiger partial charge in [0, 0.05) is 0 Å². The predicted octanol–water partition coefficient (Wildman–Crippen LogP) is 9.71. The van der Waals surface area contributed by atoms with Gasteiger partial charge in [0.25, 0.3) is 0 Å². The Morgan fingerprint density at radius 3 is 1.42 bits per heavy atom. The van der Waals surface area contributed by atoms with E-state index in [1.54, 1.807) is 25.7 Å². The SMILES string of the molecule is CCCCCCC(CC)CC1(CC(CC)CCCCCC)CCCCC1. The molecular formula is C26H52. The van der Waals surface area contributed by atoms with Crippen LogP contribution in [0.4, 0.5) is 0 Å². The van der Waals surface area contributed by atoms with E-state index in [4.69, 9.17) is 0 Å². The highest BCUT2D eigenvalue weighted by molar-refractivity contribution is 4.87. The van der Waals surface area contributed by atoms with Crippen LogP contribution in [-0.2, 0) is 0 Å². The summed E-state index contributed by atoms with van der Waals surface area (Å²) in [6, 6.07) is 0. The van der Waals surface area contributed by atoms with Crippen molar-refractivity contribution in [1.29, 1.82) is 0 Å². The van der Waals surface area contributed by atoms with Crippen LogP contribution in [0.15, 0.2) is 0 Å². The highest BCUT2D eigenvalue weighted by Gasteiger charge is 2.35. The average molecular weight is 365 g/mol. The molecular weight excluding hydrogens is 312 g/mol. The summed E-state index contributed by atoms with van der Waals surface area (Å²) in [5.41, 5.74) is 0.717. The predicted molar refractivity (Wildman–Crippen MR) is 120 cm³/mol. The first-order valence-electron chi connectivity index (χ1n) is 12.7. The third-order valence-electron chi connectivity index (χ3n) is 7.44. The second-order valence-electron chi connectivity index (χ2n) is 9.72. The minimum absolute atomic E-state index is 0.717. The number of rotatable bonds is 16. The first kappa shape index (κ1) is 24.0. The monoisotopic (exact) mass is 364 g/mol. The molecule has 1 saturated carbocycles. The zero-order valence-electron chi connectivity index (χ0n) is 19.1. The van der Waals surface area contributed by atoms with E-state index in [-0.39, 0.29) is 0 Å². The van der Waals surface area contributed by atoms with Gasteiger partial charge < -0.3 is 0 Å². The Kier molecular flexibility index (Phi) is 13.9. The van der Waals surface area contributed by atoms with Gasteiger partial charge in [-0.05, 0) is 42.9 Å². The summed E-state index contributed by atoms with van der Waals surface area (Å²) in [5, 5.41) is 0. The third-order valence-corrected chi connectivity index (χ3v) is 7.44. The van der Waals surface area contributed by atoms with Crippen molar-refractivity contribution in [2.75, 3.05) is 0 Å². The molecule has 0 spiro atoms. The minimum atomic E-state index is 0.717. The maximum atomic E-state index is 2.46. The molecule has 0 amide bonds. The van der Waals surface area contributed by atoms with E-state index >= 15 is 0 Å². The van der Waals surface area contributed by atoms with Gasteiger partial charge in [-0.1, -0.05) is 124 Å². The maximum Gasteiger partial charge on any atom is -0.0292 e. The van der Waals surface area contributed by atoms with Crippen molar-refractivity contribution in [3.63, 3.8) is 0 Å². The number of hydrogen-bond acceptors (Lipinski definition) is 0. The molecule has 26 heavy (non-hydrogen) atoms. The Bertz CT molecular complexity index is 275. The summed E-state index contributed by atoms with van der Waals surface area (Å²) in [5.74, 6) is 2.00. The van der Waals surface area contributed by atoms with Gasteiger partial charge in [-0.2, -0.15) is 0 Å². The lowest BCUT2D eigenvalue weighted by molar-refractivity contribution is 0.0940. The van der Waals surface area contributed by atoms with Crippen molar-refractivity contribution in [2.24, 2.45) is 17.3 Å². The van der Waals surface area contributed by atoms with E-state index in [0.717, 1.165) is 17.3 Å². The molecule has 2 unspecified atom stereocenters. The molecule has 2 atom stereocenters. The molecule has 1 aliphatic rings. The van der Waals surface area contributed by atoms with Crippen molar-refractivity contribution < 1.29 is 0 Å². The van der Waals surface area contributed by atoms with Gasteiger partial charge in [0.05, 0.1) is 0 Å². The molecule has 0 aromatic carbocycles. The molecule has 0 nitrogen and oxygen atoms in total. The first-order chi connectivity index (χ1) is 12.7. The Balaban J connectivity index is 2.57. The van der Waals surface area contributed by atoms with Crippen LogP contribution >= 0.6 is 0 Å². The van der Waals surface area contributed by atoms with Crippen LogP contribution in [0.3, 0.4) is 0 Å². The van der Waals surface area contributed by atoms with Gasteiger partial charge in [0.2, 0.25) is 0 Å². The Labute approximate surface area is 167 Å². The van der Waals surface area contributed by atoms with Gasteiger partial charge in [-0.25, -0.2) is 0 Å². The molecule has 0 radical (unpaired) electrons. The van der Waals surface area contributed by atoms with E-state index in [9.17, 15) is 0 Å². The van der Waals surface area contributed by atoms with Gasteiger partial charge in [-0.15, -0.1) is 0 Å². The first-order valence-corrected chi connectivity index (χ1v) is 12.7. The Morgan fingerprint density at radius 1 is 0.577 bits per heavy atom. The van der Waals surface area contributed by atoms with Crippen molar-refractivity contribution >= 4 is 0 Å². The zero-order valence-corrected chi connectivity index (χ0v) is 19.1. The fourth-order valence-electron chi connectivity index (χ4n) is 5.64. The van der Waals surface area contributed by atoms with Crippen LogP contribution in [0.1, 0.15) is 150 Å². The van der Waals surface area contributed by atoms with Crippen molar-refractivity contribution in [1.82, 2.24) is 0 Å². The standard InChI is InChI=1S/C26H52/c1-5-9-11-14-18-24(7-3)22-26(20-16-13-17-21-26)23-25(8-4)19-15-12-10-6-2/h24-25H,5-23H2,1-4H3. The summed E-state index contributed by atoms with van der Waals surface area (Å²) >= 11 is 0. The highest BCUT2D eigenvalue weighted by atomic mass is 14.4. The lowest BCUT2D eigenvalue weighted by Gasteiger charge is -2.42. The third kappa shape index (κ3) is 9.80. The molecule has 0 aromatic rings. The van der Waals surface area contributed by atoms with Crippen molar-refractivity contribution in [3.8, 4) is 0 Å². The van der Waals surface area contributed by atoms with E-state index in [2.05, 4.69) is 27.7 Å². The van der Waals surface area contributed by atoms with Gasteiger partial charge >= 0.3 is 0 Å². The largest absolute Gasteiger partial charge is 0.0654 e. The van der Waals surface area contributed by atoms with Crippen LogP contribution in [0.5, 0.6) is 0 Å². The highest BCUT2D eigenvalue weighted by Crippen LogP contribution is 2.48. The van der Waals surface area contributed by atoms with Crippen molar-refractivity contribution in [2.45, 2.75) is 150 Å². The summed E-state index contributed by atoms with van der Waals surface area (Å²) in [6.07, 6.45) is 28.1. The van der Waals surface area contributed by atoms with E-state index < -0.39 is 0 Å². The van der Waals surface area contributed by atoms with E-state index in [1.807, 2.05) is 0 Å². The molecule has 0 aliphatic heterocycles. The van der Waals surface area contributed by atoms with E-state index in [0.29, 0.717) is 0 Å². The van der Waals surface area contributed by atoms with E-state index in [1.165, 1.54) is 96.3 Å². The average Bonchev–Trinajstić information content (AvgIpc) is 2.67. The fourth-order valence-corrected chi connectivity index (χ4v) is 5.64. The summed E-state index contributed by atoms with van der Waals surface area (Å²) < 4.78 is 0. The van der Waals surface area contributed by atoms with Gasteiger partial charge in [0.1, 0.15) is 0 Å². The molecule has 0 heteroatoms. The van der Waals surface area contributed by atoms with Crippen LogP contribution in [-0.4, -0.2) is 0 Å². The Morgan fingerprint density at radius 2 is 1.04 bits per heavy atom. The molecule has 156 valence electrons. The van der Waals surface area contributed by atoms with Gasteiger partial charge in [0.15, 0.2) is 0 Å². The molecule has 0 saturated heterocycles. The summed E-state index contributed by atoms with van der Waals surface area (Å²) in [7, 11) is 0. The maximum absolute atomic E-state index is 2.46. The fraction of sp³-hybridized carbons (Fsp3) is 1.00. The quantitative estimate of drug-likeness (QED) is 0.239. The van der Waals surface area contributed by atoms with Crippen molar-refractivity contribution in [3.05, 3.63) is 0 Å². The molecule has 1 aliphatic carbocycles. The topological polar surface area (TPSA) is 0 Å². The second-order valence-corrected chi connectivity index (χ2v) is 9.72. The second kappa shape index (κ2) is 15.0. The smallest absolute Gasteiger partial charge is 0.0292 e. The molecule has 1 rings (SSSR count). The van der Waals surface area contributed by atoms with Gasteiger partial charge in [-0.3, -0.25) is 0 Å². The van der Waals surface area contributed by atoms with Crippen LogP contribution in [0.25, 0.3) is 0 Å². The molecule has 0 N–H and O–H groups in total.